The van der Waals surface area contributed by atoms with Crippen molar-refractivity contribution in [2.24, 2.45) is 0 Å². The smallest absolute Gasteiger partial charge is 0.387 e. The monoisotopic (exact) mass is 301 g/mol. The first-order valence-corrected chi connectivity index (χ1v) is 7.00. The summed E-state index contributed by atoms with van der Waals surface area (Å²) in [5.41, 5.74) is 0.832. The number of alkyl halides is 2. The van der Waals surface area contributed by atoms with Crippen LogP contribution in [0.3, 0.4) is 0 Å². The second-order valence-electron chi connectivity index (χ2n) is 4.46. The first-order valence-electron chi connectivity index (χ1n) is 7.00. The molecule has 1 N–H and O–H groups in total. The fraction of sp³-hybridized carbons (Fsp3) is 0.533. The number of rotatable bonds is 9. The molecule has 0 aromatic heterocycles. The van der Waals surface area contributed by atoms with Crippen molar-refractivity contribution in [3.8, 4) is 5.75 Å². The molecule has 1 rings (SSSR count). The van der Waals surface area contributed by atoms with Crippen LogP contribution in [0.2, 0.25) is 0 Å². The van der Waals surface area contributed by atoms with E-state index in [-0.39, 0.29) is 24.2 Å². The lowest BCUT2D eigenvalue weighted by molar-refractivity contribution is -0.143. The van der Waals surface area contributed by atoms with Crippen molar-refractivity contribution in [1.82, 2.24) is 5.32 Å². The molecular formula is C15H21F2NO3. The maximum atomic E-state index is 12.1. The van der Waals surface area contributed by atoms with E-state index in [1.165, 1.54) is 12.1 Å². The normalized spacial score (nSPS) is 12.2. The Labute approximate surface area is 123 Å². The molecular weight excluding hydrogens is 280 g/mol. The van der Waals surface area contributed by atoms with Gasteiger partial charge in [-0.2, -0.15) is 8.78 Å². The van der Waals surface area contributed by atoms with Crippen LogP contribution in [0.1, 0.15) is 38.3 Å². The SMILES string of the molecule is CCCNC(CC(=O)OCC)c1ccc(OC(F)F)cc1. The fourth-order valence-corrected chi connectivity index (χ4v) is 1.89. The molecule has 21 heavy (non-hydrogen) atoms. The molecule has 0 aliphatic heterocycles. The van der Waals surface area contributed by atoms with Crippen LogP contribution in [-0.4, -0.2) is 25.7 Å². The van der Waals surface area contributed by atoms with E-state index in [0.29, 0.717) is 6.61 Å². The summed E-state index contributed by atoms with van der Waals surface area (Å²) in [4.78, 5) is 11.6. The van der Waals surface area contributed by atoms with Crippen LogP contribution in [0.25, 0.3) is 0 Å². The van der Waals surface area contributed by atoms with Crippen molar-refractivity contribution in [2.45, 2.75) is 39.3 Å². The number of carbonyl (C=O) groups excluding carboxylic acids is 1. The molecule has 118 valence electrons. The van der Waals surface area contributed by atoms with Gasteiger partial charge in [0.15, 0.2) is 0 Å². The minimum absolute atomic E-state index is 0.0964. The van der Waals surface area contributed by atoms with Gasteiger partial charge in [0.25, 0.3) is 0 Å². The Bertz CT molecular complexity index is 423. The molecule has 1 atom stereocenters. The summed E-state index contributed by atoms with van der Waals surface area (Å²) < 4.78 is 33.5. The van der Waals surface area contributed by atoms with E-state index < -0.39 is 6.61 Å². The Morgan fingerprint density at radius 1 is 1.24 bits per heavy atom. The van der Waals surface area contributed by atoms with E-state index >= 15 is 0 Å². The number of halogens is 2. The molecule has 0 heterocycles. The quantitative estimate of drug-likeness (QED) is 0.711. The van der Waals surface area contributed by atoms with Crippen molar-refractivity contribution in [2.75, 3.05) is 13.2 Å². The number of nitrogens with one attached hydrogen (secondary N) is 1. The zero-order chi connectivity index (χ0) is 15.7. The molecule has 0 aliphatic rings. The van der Waals surface area contributed by atoms with E-state index in [9.17, 15) is 13.6 Å². The molecule has 1 aromatic rings. The average Bonchev–Trinajstić information content (AvgIpc) is 2.44. The van der Waals surface area contributed by atoms with Crippen LogP contribution >= 0.6 is 0 Å². The molecule has 1 aromatic carbocycles. The average molecular weight is 301 g/mol. The molecule has 0 saturated heterocycles. The standard InChI is InChI=1S/C15H21F2NO3/c1-3-9-18-13(10-14(19)20-4-2)11-5-7-12(8-6-11)21-15(16)17/h5-8,13,15,18H,3-4,9-10H2,1-2H3. The molecule has 0 spiro atoms. The van der Waals surface area contributed by atoms with Crippen molar-refractivity contribution < 1.29 is 23.0 Å². The van der Waals surface area contributed by atoms with Crippen molar-refractivity contribution in [3.05, 3.63) is 29.8 Å². The third-order valence-corrected chi connectivity index (χ3v) is 2.82. The Balaban J connectivity index is 2.74. The summed E-state index contributed by atoms with van der Waals surface area (Å²) >= 11 is 0. The predicted octanol–water partition coefficient (Wildman–Crippen LogP) is 3.28. The summed E-state index contributed by atoms with van der Waals surface area (Å²) in [5, 5.41) is 3.25. The van der Waals surface area contributed by atoms with Gasteiger partial charge in [0.1, 0.15) is 5.75 Å². The Kier molecular flexibility index (Phi) is 7.68. The Morgan fingerprint density at radius 3 is 2.43 bits per heavy atom. The molecule has 4 nitrogen and oxygen atoms in total. The van der Waals surface area contributed by atoms with Crippen LogP contribution in [-0.2, 0) is 9.53 Å². The van der Waals surface area contributed by atoms with Crippen LogP contribution in [0, 0.1) is 0 Å². The molecule has 0 fully saturated rings. The fourth-order valence-electron chi connectivity index (χ4n) is 1.89. The topological polar surface area (TPSA) is 47.6 Å². The van der Waals surface area contributed by atoms with Gasteiger partial charge in [-0.05, 0) is 37.6 Å². The summed E-state index contributed by atoms with van der Waals surface area (Å²) in [6.45, 7) is 2.01. The summed E-state index contributed by atoms with van der Waals surface area (Å²) in [6.07, 6.45) is 1.12. The van der Waals surface area contributed by atoms with Gasteiger partial charge in [0, 0.05) is 6.04 Å². The van der Waals surface area contributed by atoms with E-state index in [0.717, 1.165) is 18.5 Å². The first-order chi connectivity index (χ1) is 10.1. The lowest BCUT2D eigenvalue weighted by Crippen LogP contribution is -2.25. The van der Waals surface area contributed by atoms with Gasteiger partial charge in [-0.15, -0.1) is 0 Å². The number of carbonyl (C=O) groups is 1. The molecule has 0 saturated carbocycles. The van der Waals surface area contributed by atoms with Gasteiger partial charge >= 0.3 is 12.6 Å². The van der Waals surface area contributed by atoms with Crippen LogP contribution in [0.15, 0.2) is 24.3 Å². The predicted molar refractivity (Wildman–Crippen MR) is 75.4 cm³/mol. The zero-order valence-corrected chi connectivity index (χ0v) is 12.3. The number of benzene rings is 1. The van der Waals surface area contributed by atoms with Gasteiger partial charge in [0.05, 0.1) is 13.0 Å². The van der Waals surface area contributed by atoms with Gasteiger partial charge in [-0.1, -0.05) is 19.1 Å². The van der Waals surface area contributed by atoms with Gasteiger partial charge in [-0.25, -0.2) is 0 Å². The summed E-state index contributed by atoms with van der Waals surface area (Å²) in [6, 6.07) is 6.07. The minimum Gasteiger partial charge on any atom is -0.466 e. The summed E-state index contributed by atoms with van der Waals surface area (Å²) in [7, 11) is 0. The van der Waals surface area contributed by atoms with Crippen LogP contribution in [0.5, 0.6) is 5.75 Å². The maximum Gasteiger partial charge on any atom is 0.387 e. The van der Waals surface area contributed by atoms with Crippen molar-refractivity contribution >= 4 is 5.97 Å². The highest BCUT2D eigenvalue weighted by molar-refractivity contribution is 5.70. The minimum atomic E-state index is -2.84. The maximum absolute atomic E-state index is 12.1. The van der Waals surface area contributed by atoms with E-state index in [1.807, 2.05) is 6.92 Å². The highest BCUT2D eigenvalue weighted by Gasteiger charge is 2.16. The Hall–Kier alpha value is -1.69. The number of hydrogen-bond acceptors (Lipinski definition) is 4. The number of esters is 1. The molecule has 0 aliphatic carbocycles. The second kappa shape index (κ2) is 9.28. The third-order valence-electron chi connectivity index (χ3n) is 2.82. The highest BCUT2D eigenvalue weighted by Crippen LogP contribution is 2.22. The van der Waals surface area contributed by atoms with E-state index in [4.69, 9.17) is 4.74 Å². The lowest BCUT2D eigenvalue weighted by atomic mass is 10.0. The number of hydrogen-bond donors (Lipinski definition) is 1. The van der Waals surface area contributed by atoms with Gasteiger partial charge in [-0.3, -0.25) is 4.79 Å². The summed E-state index contributed by atoms with van der Waals surface area (Å²) in [5.74, 6) is -0.196. The molecule has 0 bridgehead atoms. The molecule has 0 amide bonds. The van der Waals surface area contributed by atoms with Gasteiger partial charge in [0.2, 0.25) is 0 Å². The molecule has 1 unspecified atom stereocenters. The molecule has 0 radical (unpaired) electrons. The van der Waals surface area contributed by atoms with E-state index in [1.54, 1.807) is 19.1 Å². The van der Waals surface area contributed by atoms with Crippen molar-refractivity contribution in [3.63, 3.8) is 0 Å². The van der Waals surface area contributed by atoms with Gasteiger partial charge < -0.3 is 14.8 Å². The highest BCUT2D eigenvalue weighted by atomic mass is 19.3. The number of ether oxygens (including phenoxy) is 2. The first kappa shape index (κ1) is 17.4. The van der Waals surface area contributed by atoms with E-state index in [2.05, 4.69) is 10.1 Å². The van der Waals surface area contributed by atoms with Crippen LogP contribution < -0.4 is 10.1 Å². The molecule has 6 heteroatoms. The third kappa shape index (κ3) is 6.53. The second-order valence-corrected chi connectivity index (χ2v) is 4.46. The van der Waals surface area contributed by atoms with Crippen LogP contribution in [0.4, 0.5) is 8.78 Å². The van der Waals surface area contributed by atoms with Crippen molar-refractivity contribution in [1.29, 1.82) is 0 Å². The lowest BCUT2D eigenvalue weighted by Gasteiger charge is -2.18. The largest absolute Gasteiger partial charge is 0.466 e. The Morgan fingerprint density at radius 2 is 1.90 bits per heavy atom. The zero-order valence-electron chi connectivity index (χ0n) is 12.3.